The summed E-state index contributed by atoms with van der Waals surface area (Å²) in [6.07, 6.45) is 0.961. The number of carbonyl (C=O) groups is 4. The number of carboxylic acid groups (broad SMARTS) is 1. The summed E-state index contributed by atoms with van der Waals surface area (Å²) in [4.78, 5) is 46.6. The number of aromatic hydroxyl groups is 2. The van der Waals surface area contributed by atoms with Crippen molar-refractivity contribution in [3.8, 4) is 11.5 Å². The van der Waals surface area contributed by atoms with Crippen LogP contribution in [-0.2, 0) is 28.7 Å². The van der Waals surface area contributed by atoms with E-state index < -0.39 is 36.5 Å². The molecular weight excluding hydrogens is 420 g/mol. The van der Waals surface area contributed by atoms with Gasteiger partial charge in [-0.25, -0.2) is 9.59 Å². The molecule has 2 rings (SSSR count). The molecule has 0 aliphatic heterocycles. The number of hydrogen-bond donors (Lipinski definition) is 3. The van der Waals surface area contributed by atoms with Crippen LogP contribution < -0.4 is 0 Å². The maximum absolute atomic E-state index is 12.1. The van der Waals surface area contributed by atoms with Crippen molar-refractivity contribution in [2.24, 2.45) is 0 Å². The van der Waals surface area contributed by atoms with Gasteiger partial charge < -0.3 is 24.8 Å². The lowest BCUT2D eigenvalue weighted by molar-refractivity contribution is -0.166. The number of benzene rings is 2. The topological polar surface area (TPSA) is 147 Å². The summed E-state index contributed by atoms with van der Waals surface area (Å²) in [5.74, 6) is -3.19. The lowest BCUT2D eigenvalue weighted by atomic mass is 10.1. The quantitative estimate of drug-likeness (QED) is 0.288. The third kappa shape index (κ3) is 8.15. The Balaban J connectivity index is 2.03. The number of carboxylic acids is 1. The monoisotopic (exact) mass is 440 g/mol. The fourth-order valence-electron chi connectivity index (χ4n) is 2.45. The summed E-state index contributed by atoms with van der Waals surface area (Å²) in [6.45, 7) is 0. The minimum absolute atomic E-state index is 0.0429. The number of ether oxygens (including phenoxy) is 2. The predicted molar refractivity (Wildman–Crippen MR) is 112 cm³/mol. The number of esters is 2. The van der Waals surface area contributed by atoms with Crippen molar-refractivity contribution in [2.75, 3.05) is 0 Å². The molecule has 166 valence electrons. The molecule has 0 aromatic heterocycles. The van der Waals surface area contributed by atoms with Gasteiger partial charge >= 0.3 is 17.9 Å². The second kappa shape index (κ2) is 11.7. The molecule has 32 heavy (non-hydrogen) atoms. The zero-order chi connectivity index (χ0) is 23.5. The van der Waals surface area contributed by atoms with E-state index in [-0.39, 0.29) is 17.8 Å². The van der Waals surface area contributed by atoms with E-state index in [0.29, 0.717) is 11.1 Å². The fraction of sp³-hybridized carbons (Fsp3) is 0.130. The Labute approximate surface area is 182 Å². The average Bonchev–Trinajstić information content (AvgIpc) is 2.76. The number of rotatable bonds is 10. The van der Waals surface area contributed by atoms with Gasteiger partial charge in [0.1, 0.15) is 11.5 Å². The Hall–Kier alpha value is -4.40. The highest BCUT2D eigenvalue weighted by Crippen LogP contribution is 2.14. The van der Waals surface area contributed by atoms with Gasteiger partial charge in [0.25, 0.3) is 0 Å². The van der Waals surface area contributed by atoms with Crippen molar-refractivity contribution in [1.82, 2.24) is 0 Å². The average molecular weight is 440 g/mol. The minimum atomic E-state index is -1.64. The van der Waals surface area contributed by atoms with Crippen molar-refractivity contribution in [3.05, 3.63) is 71.8 Å². The number of phenolic OH excluding ortho intramolecular Hbond substituents is 2. The lowest BCUT2D eigenvalue weighted by Gasteiger charge is -2.20. The van der Waals surface area contributed by atoms with Gasteiger partial charge in [-0.05, 0) is 47.5 Å². The van der Waals surface area contributed by atoms with Crippen LogP contribution in [-0.4, -0.2) is 51.7 Å². The Morgan fingerprint density at radius 2 is 1.22 bits per heavy atom. The summed E-state index contributed by atoms with van der Waals surface area (Å²) in [7, 11) is 0. The number of aldehydes is 1. The molecule has 0 amide bonds. The van der Waals surface area contributed by atoms with Crippen molar-refractivity contribution >= 4 is 36.3 Å². The number of hydrogen-bond acceptors (Lipinski definition) is 8. The van der Waals surface area contributed by atoms with Gasteiger partial charge in [-0.3, -0.25) is 9.59 Å². The first kappa shape index (κ1) is 23.9. The van der Waals surface area contributed by atoms with Crippen molar-refractivity contribution < 1.29 is 44.0 Å². The Morgan fingerprint density at radius 3 is 1.62 bits per heavy atom. The molecule has 0 spiro atoms. The molecule has 0 radical (unpaired) electrons. The van der Waals surface area contributed by atoms with Crippen LogP contribution in [0.25, 0.3) is 12.2 Å². The van der Waals surface area contributed by atoms with E-state index in [2.05, 4.69) is 0 Å². The smallest absolute Gasteiger partial charge is 0.331 e. The molecular formula is C23H20O9. The molecule has 0 heterocycles. The Bertz CT molecular complexity index is 1000. The first-order valence-corrected chi connectivity index (χ1v) is 9.29. The molecule has 0 aliphatic rings. The van der Waals surface area contributed by atoms with Crippen LogP contribution in [0.4, 0.5) is 0 Å². The second-order valence-corrected chi connectivity index (χ2v) is 6.46. The number of phenols is 2. The maximum Gasteiger partial charge on any atom is 0.331 e. The zero-order valence-corrected chi connectivity index (χ0v) is 16.7. The molecule has 0 bridgehead atoms. The van der Waals surface area contributed by atoms with Crippen molar-refractivity contribution in [2.45, 2.75) is 18.6 Å². The van der Waals surface area contributed by atoms with Gasteiger partial charge in [0.2, 0.25) is 0 Å². The van der Waals surface area contributed by atoms with E-state index in [1.807, 2.05) is 0 Å². The van der Waals surface area contributed by atoms with E-state index in [0.717, 1.165) is 12.2 Å². The highest BCUT2D eigenvalue weighted by Gasteiger charge is 2.30. The van der Waals surface area contributed by atoms with Gasteiger partial charge in [0.05, 0.1) is 6.42 Å². The van der Waals surface area contributed by atoms with Crippen LogP contribution in [0.15, 0.2) is 60.7 Å². The van der Waals surface area contributed by atoms with E-state index in [9.17, 15) is 29.4 Å². The number of carbonyl (C=O) groups excluding carboxylic acids is 3. The standard InChI is InChI=1S/C23H20O9/c24-14-20(32-23(30)12-6-16-3-9-18(26)10-4-16)19(13-21(27)28)31-22(29)11-5-15-1-7-17(25)8-2-15/h1-12,14,19-20,25-26H,13H2,(H,27,28)/b11-5+,12-6+/t19-,20-/m0/s1. The Kier molecular flexibility index (Phi) is 8.73. The largest absolute Gasteiger partial charge is 0.508 e. The highest BCUT2D eigenvalue weighted by molar-refractivity contribution is 5.89. The summed E-state index contributed by atoms with van der Waals surface area (Å²) in [5.41, 5.74) is 1.13. The molecule has 2 aromatic carbocycles. The molecule has 0 saturated carbocycles. The van der Waals surface area contributed by atoms with Crippen molar-refractivity contribution in [1.29, 1.82) is 0 Å². The number of aliphatic carboxylic acids is 1. The van der Waals surface area contributed by atoms with Crippen LogP contribution in [0.2, 0.25) is 0 Å². The van der Waals surface area contributed by atoms with Gasteiger partial charge in [0.15, 0.2) is 18.5 Å². The van der Waals surface area contributed by atoms with Crippen LogP contribution in [0.5, 0.6) is 11.5 Å². The van der Waals surface area contributed by atoms with E-state index in [4.69, 9.17) is 14.6 Å². The fourth-order valence-corrected chi connectivity index (χ4v) is 2.45. The zero-order valence-electron chi connectivity index (χ0n) is 16.7. The first-order valence-electron chi connectivity index (χ1n) is 9.29. The molecule has 9 heteroatoms. The molecule has 0 aliphatic carbocycles. The van der Waals surface area contributed by atoms with Crippen LogP contribution in [0.3, 0.4) is 0 Å². The summed E-state index contributed by atoms with van der Waals surface area (Å²) < 4.78 is 9.97. The SMILES string of the molecule is O=C[C@H](OC(=O)/C=C/c1ccc(O)cc1)[C@H](CC(=O)O)OC(=O)/C=C/c1ccc(O)cc1. The predicted octanol–water partition coefficient (Wildman–Crippen LogP) is 2.32. The van der Waals surface area contributed by atoms with Gasteiger partial charge in [-0.15, -0.1) is 0 Å². The summed E-state index contributed by atoms with van der Waals surface area (Å²) in [5, 5.41) is 27.6. The molecule has 9 nitrogen and oxygen atoms in total. The summed E-state index contributed by atoms with van der Waals surface area (Å²) >= 11 is 0. The maximum atomic E-state index is 12.1. The molecule has 0 unspecified atom stereocenters. The minimum Gasteiger partial charge on any atom is -0.508 e. The second-order valence-electron chi connectivity index (χ2n) is 6.46. The van der Waals surface area contributed by atoms with E-state index in [1.54, 1.807) is 0 Å². The van der Waals surface area contributed by atoms with Crippen LogP contribution >= 0.6 is 0 Å². The van der Waals surface area contributed by atoms with Crippen LogP contribution in [0, 0.1) is 0 Å². The van der Waals surface area contributed by atoms with Gasteiger partial charge in [-0.2, -0.15) is 0 Å². The van der Waals surface area contributed by atoms with Gasteiger partial charge in [-0.1, -0.05) is 24.3 Å². The molecule has 3 N–H and O–H groups in total. The first-order chi connectivity index (χ1) is 15.3. The molecule has 0 fully saturated rings. The molecule has 2 aromatic rings. The highest BCUT2D eigenvalue weighted by atomic mass is 16.6. The third-order valence-corrected chi connectivity index (χ3v) is 4.01. The van der Waals surface area contributed by atoms with E-state index in [1.165, 1.54) is 60.7 Å². The summed E-state index contributed by atoms with van der Waals surface area (Å²) in [6, 6.07) is 11.8. The van der Waals surface area contributed by atoms with E-state index >= 15 is 0 Å². The van der Waals surface area contributed by atoms with Gasteiger partial charge in [0, 0.05) is 12.2 Å². The van der Waals surface area contributed by atoms with Crippen LogP contribution in [0.1, 0.15) is 17.5 Å². The lowest BCUT2D eigenvalue weighted by Crippen LogP contribution is -2.37. The molecule has 2 atom stereocenters. The third-order valence-electron chi connectivity index (χ3n) is 4.01. The Morgan fingerprint density at radius 1 is 0.781 bits per heavy atom. The normalized spacial score (nSPS) is 12.9. The van der Waals surface area contributed by atoms with Crippen molar-refractivity contribution in [3.63, 3.8) is 0 Å². The molecule has 0 saturated heterocycles.